The van der Waals surface area contributed by atoms with Crippen molar-refractivity contribution in [2.75, 3.05) is 25.5 Å². The van der Waals surface area contributed by atoms with Gasteiger partial charge in [0, 0.05) is 18.7 Å². The SMILES string of the molecule is CN1CCC(C(=O)Nc2ccc([N+](=O)[O-])cc2C(=O)O)C1. The molecule has 0 saturated carbocycles. The fourth-order valence-corrected chi connectivity index (χ4v) is 2.32. The maximum atomic E-state index is 12.1. The van der Waals surface area contributed by atoms with Crippen LogP contribution in [0.15, 0.2) is 18.2 Å². The number of non-ortho nitro benzene ring substituents is 1. The molecule has 0 spiro atoms. The van der Waals surface area contributed by atoms with Crippen molar-refractivity contribution in [2.24, 2.45) is 5.92 Å². The predicted molar refractivity (Wildman–Crippen MR) is 74.3 cm³/mol. The number of likely N-dealkylation sites (tertiary alicyclic amines) is 1. The average molecular weight is 293 g/mol. The zero-order valence-electron chi connectivity index (χ0n) is 11.4. The monoisotopic (exact) mass is 293 g/mol. The molecule has 21 heavy (non-hydrogen) atoms. The van der Waals surface area contributed by atoms with Crippen molar-refractivity contribution in [1.82, 2.24) is 4.90 Å². The number of aromatic carboxylic acids is 1. The van der Waals surface area contributed by atoms with Gasteiger partial charge >= 0.3 is 5.97 Å². The first-order chi connectivity index (χ1) is 9.88. The minimum absolute atomic E-state index is 0.0765. The highest BCUT2D eigenvalue weighted by Gasteiger charge is 2.27. The molecule has 0 radical (unpaired) electrons. The molecule has 8 nitrogen and oxygen atoms in total. The number of anilines is 1. The van der Waals surface area contributed by atoms with Gasteiger partial charge in [-0.1, -0.05) is 0 Å². The lowest BCUT2D eigenvalue weighted by Crippen LogP contribution is -2.26. The Morgan fingerprint density at radius 3 is 2.71 bits per heavy atom. The third kappa shape index (κ3) is 3.34. The molecule has 1 unspecified atom stereocenters. The smallest absolute Gasteiger partial charge is 0.338 e. The molecule has 2 rings (SSSR count). The van der Waals surface area contributed by atoms with Crippen molar-refractivity contribution < 1.29 is 19.6 Å². The second kappa shape index (κ2) is 5.88. The van der Waals surface area contributed by atoms with Gasteiger partial charge < -0.3 is 15.3 Å². The van der Waals surface area contributed by atoms with Crippen LogP contribution < -0.4 is 5.32 Å². The van der Waals surface area contributed by atoms with Crippen LogP contribution in [0.1, 0.15) is 16.8 Å². The molecule has 1 aromatic rings. The maximum absolute atomic E-state index is 12.1. The van der Waals surface area contributed by atoms with Crippen LogP contribution in [0.3, 0.4) is 0 Å². The van der Waals surface area contributed by atoms with Crippen molar-refractivity contribution in [3.8, 4) is 0 Å². The summed E-state index contributed by atoms with van der Waals surface area (Å²) < 4.78 is 0. The average Bonchev–Trinajstić information content (AvgIpc) is 2.85. The maximum Gasteiger partial charge on any atom is 0.338 e. The third-order valence-corrected chi connectivity index (χ3v) is 3.46. The van der Waals surface area contributed by atoms with E-state index in [4.69, 9.17) is 5.11 Å². The van der Waals surface area contributed by atoms with Crippen molar-refractivity contribution in [3.63, 3.8) is 0 Å². The van der Waals surface area contributed by atoms with E-state index in [-0.39, 0.29) is 28.8 Å². The lowest BCUT2D eigenvalue weighted by Gasteiger charge is -2.13. The third-order valence-electron chi connectivity index (χ3n) is 3.46. The Kier molecular flexibility index (Phi) is 4.18. The molecule has 8 heteroatoms. The molecule has 1 atom stereocenters. The molecule has 1 aliphatic rings. The number of nitrogens with one attached hydrogen (secondary N) is 1. The van der Waals surface area contributed by atoms with E-state index in [1.54, 1.807) is 0 Å². The van der Waals surface area contributed by atoms with E-state index < -0.39 is 10.9 Å². The normalized spacial score (nSPS) is 18.4. The van der Waals surface area contributed by atoms with Gasteiger partial charge in [0.25, 0.3) is 5.69 Å². The van der Waals surface area contributed by atoms with Crippen LogP contribution in [0, 0.1) is 16.0 Å². The van der Waals surface area contributed by atoms with E-state index in [2.05, 4.69) is 5.32 Å². The van der Waals surface area contributed by atoms with E-state index in [1.807, 2.05) is 11.9 Å². The van der Waals surface area contributed by atoms with E-state index in [0.29, 0.717) is 13.0 Å². The number of carbonyl (C=O) groups excluding carboxylic acids is 1. The summed E-state index contributed by atoms with van der Waals surface area (Å²) in [5.41, 5.74) is -0.539. The van der Waals surface area contributed by atoms with Crippen LogP contribution in [0.4, 0.5) is 11.4 Å². The number of nitro benzene ring substituents is 1. The molecule has 0 aromatic heterocycles. The summed E-state index contributed by atoms with van der Waals surface area (Å²) in [6, 6.07) is 3.36. The summed E-state index contributed by atoms with van der Waals surface area (Å²) in [5.74, 6) is -1.79. The van der Waals surface area contributed by atoms with Gasteiger partial charge in [0.2, 0.25) is 5.91 Å². The van der Waals surface area contributed by atoms with E-state index in [1.165, 1.54) is 12.1 Å². The zero-order valence-corrected chi connectivity index (χ0v) is 11.4. The van der Waals surface area contributed by atoms with Gasteiger partial charge in [-0.05, 0) is 26.1 Å². The van der Waals surface area contributed by atoms with Crippen molar-refractivity contribution in [1.29, 1.82) is 0 Å². The molecule has 0 bridgehead atoms. The Morgan fingerprint density at radius 2 is 2.19 bits per heavy atom. The number of rotatable bonds is 4. The highest BCUT2D eigenvalue weighted by molar-refractivity contribution is 6.01. The quantitative estimate of drug-likeness (QED) is 0.636. The second-order valence-corrected chi connectivity index (χ2v) is 5.03. The van der Waals surface area contributed by atoms with Crippen LogP contribution in [0.5, 0.6) is 0 Å². The zero-order chi connectivity index (χ0) is 15.6. The lowest BCUT2D eigenvalue weighted by molar-refractivity contribution is -0.384. The van der Waals surface area contributed by atoms with Crippen LogP contribution in [-0.4, -0.2) is 46.9 Å². The highest BCUT2D eigenvalue weighted by Crippen LogP contribution is 2.24. The van der Waals surface area contributed by atoms with Crippen LogP contribution in [-0.2, 0) is 4.79 Å². The summed E-state index contributed by atoms with van der Waals surface area (Å²) in [7, 11) is 1.90. The molecular weight excluding hydrogens is 278 g/mol. The van der Waals surface area contributed by atoms with Crippen molar-refractivity contribution >= 4 is 23.3 Å². The first-order valence-electron chi connectivity index (χ1n) is 6.39. The van der Waals surface area contributed by atoms with E-state index in [0.717, 1.165) is 12.6 Å². The van der Waals surface area contributed by atoms with Gasteiger partial charge in [0.1, 0.15) is 0 Å². The van der Waals surface area contributed by atoms with E-state index >= 15 is 0 Å². The van der Waals surface area contributed by atoms with Crippen LogP contribution in [0.25, 0.3) is 0 Å². The first kappa shape index (κ1) is 14.9. The summed E-state index contributed by atoms with van der Waals surface area (Å²) in [4.78, 5) is 35.3. The van der Waals surface area contributed by atoms with Crippen LogP contribution in [0.2, 0.25) is 0 Å². The first-order valence-corrected chi connectivity index (χ1v) is 6.39. The van der Waals surface area contributed by atoms with Gasteiger partial charge in [-0.15, -0.1) is 0 Å². The summed E-state index contributed by atoms with van der Waals surface area (Å²) in [6.45, 7) is 1.42. The topological polar surface area (TPSA) is 113 Å². The van der Waals surface area contributed by atoms with Gasteiger partial charge in [-0.25, -0.2) is 4.79 Å². The van der Waals surface area contributed by atoms with Gasteiger partial charge in [0.15, 0.2) is 0 Å². The number of nitrogens with zero attached hydrogens (tertiary/aromatic N) is 2. The summed E-state index contributed by atoms with van der Waals surface area (Å²) in [6.07, 6.45) is 0.706. The number of hydrogen-bond acceptors (Lipinski definition) is 5. The number of amides is 1. The van der Waals surface area contributed by atoms with Gasteiger partial charge in [-0.2, -0.15) is 0 Å². The minimum Gasteiger partial charge on any atom is -0.478 e. The lowest BCUT2D eigenvalue weighted by atomic mass is 10.1. The molecule has 1 aromatic carbocycles. The number of hydrogen-bond donors (Lipinski definition) is 2. The molecule has 112 valence electrons. The Labute approximate surface area is 120 Å². The minimum atomic E-state index is -1.32. The Balaban J connectivity index is 2.21. The predicted octanol–water partition coefficient (Wildman–Crippen LogP) is 1.18. The second-order valence-electron chi connectivity index (χ2n) is 5.03. The number of carboxylic acids is 1. The summed E-state index contributed by atoms with van der Waals surface area (Å²) >= 11 is 0. The van der Waals surface area contributed by atoms with Crippen molar-refractivity contribution in [2.45, 2.75) is 6.42 Å². The molecule has 2 N–H and O–H groups in total. The molecule has 1 amide bonds. The fraction of sp³-hybridized carbons (Fsp3) is 0.385. The largest absolute Gasteiger partial charge is 0.478 e. The highest BCUT2D eigenvalue weighted by atomic mass is 16.6. The van der Waals surface area contributed by atoms with Crippen molar-refractivity contribution in [3.05, 3.63) is 33.9 Å². The van der Waals surface area contributed by atoms with Gasteiger partial charge in [-0.3, -0.25) is 14.9 Å². The molecular formula is C13H15N3O5. The molecule has 1 saturated heterocycles. The van der Waals surface area contributed by atoms with Crippen LogP contribution >= 0.6 is 0 Å². The van der Waals surface area contributed by atoms with Gasteiger partial charge in [0.05, 0.1) is 22.1 Å². The van der Waals surface area contributed by atoms with E-state index in [9.17, 15) is 19.7 Å². The number of benzene rings is 1. The standard InChI is InChI=1S/C13H15N3O5/c1-15-5-4-8(7-15)12(17)14-11-3-2-9(16(20)21)6-10(11)13(18)19/h2-3,6,8H,4-5,7H2,1H3,(H,14,17)(H,18,19). The number of carboxylic acid groups (broad SMARTS) is 1. The Hall–Kier alpha value is -2.48. The number of nitro groups is 1. The Bertz CT molecular complexity index is 601. The molecule has 1 heterocycles. The summed E-state index contributed by atoms with van der Waals surface area (Å²) in [5, 5.41) is 22.3. The number of carbonyl (C=O) groups is 2. The molecule has 1 fully saturated rings. The molecule has 1 aliphatic heterocycles. The molecule has 0 aliphatic carbocycles. The Morgan fingerprint density at radius 1 is 1.48 bits per heavy atom. The fourth-order valence-electron chi connectivity index (χ4n) is 2.32.